The smallest absolute Gasteiger partial charge is 0.322 e. The lowest BCUT2D eigenvalue weighted by Gasteiger charge is -2.23. The van der Waals surface area contributed by atoms with Crippen molar-refractivity contribution in [1.29, 1.82) is 0 Å². The Morgan fingerprint density at radius 2 is 2.07 bits per heavy atom. The van der Waals surface area contributed by atoms with Gasteiger partial charge in [0, 0.05) is 36.1 Å². The molecule has 6 heteroatoms. The molecule has 2 amide bonds. The fraction of sp³-hybridized carbons (Fsp3) is 0.182. The summed E-state index contributed by atoms with van der Waals surface area (Å²) in [7, 11) is 0. The van der Waals surface area contributed by atoms with Gasteiger partial charge in [-0.2, -0.15) is 0 Å². The maximum Gasteiger partial charge on any atom is 0.322 e. The quantitative estimate of drug-likeness (QED) is 0.719. The molecule has 2 heterocycles. The Morgan fingerprint density at radius 3 is 2.93 bits per heavy atom. The molecular weight excluding hydrogens is 357 g/mol. The van der Waals surface area contributed by atoms with E-state index in [4.69, 9.17) is 4.74 Å². The molecule has 0 saturated carbocycles. The van der Waals surface area contributed by atoms with Crippen LogP contribution in [0.5, 0.6) is 11.6 Å². The van der Waals surface area contributed by atoms with Gasteiger partial charge in [-0.25, -0.2) is 14.2 Å². The number of rotatable bonds is 4. The van der Waals surface area contributed by atoms with Crippen LogP contribution in [0, 0.1) is 5.82 Å². The lowest BCUT2D eigenvalue weighted by atomic mass is 10.1. The number of nitrogens with one attached hydrogen (secondary N) is 1. The van der Waals surface area contributed by atoms with E-state index in [9.17, 15) is 9.18 Å². The fourth-order valence-corrected chi connectivity index (χ4v) is 3.42. The summed E-state index contributed by atoms with van der Waals surface area (Å²) in [5.74, 6) is 0.307. The van der Waals surface area contributed by atoms with Crippen molar-refractivity contribution in [2.24, 2.45) is 0 Å². The molecule has 3 aromatic rings. The van der Waals surface area contributed by atoms with Crippen LogP contribution in [0.15, 0.2) is 66.9 Å². The van der Waals surface area contributed by atoms with E-state index in [0.717, 1.165) is 12.1 Å². The van der Waals surface area contributed by atoms with Crippen LogP contribution in [0.3, 0.4) is 0 Å². The summed E-state index contributed by atoms with van der Waals surface area (Å²) in [5, 5.41) is 2.94. The van der Waals surface area contributed by atoms with Crippen LogP contribution in [-0.2, 0) is 13.0 Å². The van der Waals surface area contributed by atoms with Gasteiger partial charge in [0.2, 0.25) is 5.88 Å². The first kappa shape index (κ1) is 18.0. The predicted molar refractivity (Wildman–Crippen MR) is 105 cm³/mol. The second-order valence-electron chi connectivity index (χ2n) is 6.74. The van der Waals surface area contributed by atoms with E-state index in [2.05, 4.69) is 10.3 Å². The van der Waals surface area contributed by atoms with Crippen molar-refractivity contribution in [1.82, 2.24) is 10.3 Å². The van der Waals surface area contributed by atoms with Crippen LogP contribution in [0.1, 0.15) is 18.1 Å². The molecule has 0 radical (unpaired) electrons. The first-order valence-electron chi connectivity index (χ1n) is 9.14. The number of carbonyl (C=O) groups is 1. The molecule has 1 atom stereocenters. The summed E-state index contributed by atoms with van der Waals surface area (Å²) < 4.78 is 19.1. The predicted octanol–water partition coefficient (Wildman–Crippen LogP) is 4.67. The Labute approximate surface area is 162 Å². The molecule has 0 bridgehead atoms. The van der Waals surface area contributed by atoms with Gasteiger partial charge in [-0.3, -0.25) is 4.90 Å². The van der Waals surface area contributed by atoms with Gasteiger partial charge in [0.05, 0.1) is 0 Å². The van der Waals surface area contributed by atoms with E-state index in [-0.39, 0.29) is 24.4 Å². The zero-order chi connectivity index (χ0) is 19.5. The number of hydrogen-bond donors (Lipinski definition) is 1. The van der Waals surface area contributed by atoms with Crippen molar-refractivity contribution in [3.8, 4) is 11.6 Å². The molecule has 0 saturated heterocycles. The number of hydrogen-bond acceptors (Lipinski definition) is 3. The number of aromatic nitrogens is 1. The van der Waals surface area contributed by atoms with Gasteiger partial charge < -0.3 is 10.1 Å². The van der Waals surface area contributed by atoms with Crippen molar-refractivity contribution in [2.75, 3.05) is 4.90 Å². The van der Waals surface area contributed by atoms with E-state index in [0.29, 0.717) is 17.2 Å². The number of benzene rings is 2. The minimum atomic E-state index is -0.384. The molecule has 4 rings (SSSR count). The van der Waals surface area contributed by atoms with Gasteiger partial charge in [0.1, 0.15) is 11.6 Å². The first-order chi connectivity index (χ1) is 13.6. The Morgan fingerprint density at radius 1 is 1.21 bits per heavy atom. The molecule has 1 unspecified atom stereocenters. The summed E-state index contributed by atoms with van der Waals surface area (Å²) in [5.41, 5.74) is 2.82. The number of anilines is 1. The Balaban J connectivity index is 1.48. The van der Waals surface area contributed by atoms with Crippen LogP contribution < -0.4 is 15.0 Å². The molecule has 1 aliphatic heterocycles. The minimum absolute atomic E-state index is 0.0920. The molecule has 28 heavy (non-hydrogen) atoms. The van der Waals surface area contributed by atoms with Gasteiger partial charge in [-0.05, 0) is 43.2 Å². The Hall–Kier alpha value is -3.41. The highest BCUT2D eigenvalue weighted by atomic mass is 19.1. The van der Waals surface area contributed by atoms with E-state index >= 15 is 0 Å². The fourth-order valence-electron chi connectivity index (χ4n) is 3.42. The Bertz CT molecular complexity index is 1010. The highest BCUT2D eigenvalue weighted by Crippen LogP contribution is 2.32. The van der Waals surface area contributed by atoms with Crippen molar-refractivity contribution < 1.29 is 13.9 Å². The number of halogens is 1. The standard InChI is InChI=1S/C22H20FN3O2/c1-15-12-16-6-2-3-10-20(16)26(15)22(27)25-14-17-7-5-11-24-21(17)28-19-9-4-8-18(23)13-19/h2-11,13,15H,12,14H2,1H3,(H,25,27). The van der Waals surface area contributed by atoms with E-state index < -0.39 is 0 Å². The molecule has 1 aliphatic rings. The van der Waals surface area contributed by atoms with Crippen molar-refractivity contribution in [2.45, 2.75) is 25.9 Å². The first-order valence-corrected chi connectivity index (χ1v) is 9.14. The average Bonchev–Trinajstić information content (AvgIpc) is 3.03. The van der Waals surface area contributed by atoms with Gasteiger partial charge in [0.15, 0.2) is 0 Å². The molecule has 5 nitrogen and oxygen atoms in total. The molecule has 0 spiro atoms. The van der Waals surface area contributed by atoms with Crippen LogP contribution in [0.4, 0.5) is 14.9 Å². The Kier molecular flexibility index (Phi) is 4.93. The highest BCUT2D eigenvalue weighted by molar-refractivity contribution is 5.94. The van der Waals surface area contributed by atoms with E-state index in [1.54, 1.807) is 29.3 Å². The lowest BCUT2D eigenvalue weighted by molar-refractivity contribution is 0.244. The highest BCUT2D eigenvalue weighted by Gasteiger charge is 2.30. The van der Waals surface area contributed by atoms with Crippen LogP contribution in [0.25, 0.3) is 0 Å². The lowest BCUT2D eigenvalue weighted by Crippen LogP contribution is -2.43. The van der Waals surface area contributed by atoms with Crippen LogP contribution in [0.2, 0.25) is 0 Å². The van der Waals surface area contributed by atoms with Crippen molar-refractivity contribution >= 4 is 11.7 Å². The van der Waals surface area contributed by atoms with Gasteiger partial charge >= 0.3 is 6.03 Å². The zero-order valence-corrected chi connectivity index (χ0v) is 15.4. The van der Waals surface area contributed by atoms with E-state index in [1.165, 1.54) is 17.7 Å². The number of nitrogens with zero attached hydrogens (tertiary/aromatic N) is 2. The third-order valence-corrected chi connectivity index (χ3v) is 4.72. The molecular formula is C22H20FN3O2. The minimum Gasteiger partial charge on any atom is -0.439 e. The molecule has 0 fully saturated rings. The number of fused-ring (bicyclic) bond motifs is 1. The number of ether oxygens (including phenoxy) is 1. The van der Waals surface area contributed by atoms with Crippen molar-refractivity contribution in [3.05, 3.63) is 83.8 Å². The van der Waals surface area contributed by atoms with Crippen molar-refractivity contribution in [3.63, 3.8) is 0 Å². The number of carbonyl (C=O) groups excluding carboxylic acids is 1. The second-order valence-corrected chi connectivity index (χ2v) is 6.74. The summed E-state index contributed by atoms with van der Waals surface area (Å²) in [6.45, 7) is 2.28. The topological polar surface area (TPSA) is 54.5 Å². The number of amides is 2. The second kappa shape index (κ2) is 7.68. The van der Waals surface area contributed by atoms with Crippen LogP contribution >= 0.6 is 0 Å². The maximum atomic E-state index is 13.4. The normalized spacial score (nSPS) is 15.2. The third kappa shape index (κ3) is 3.67. The molecule has 2 aromatic carbocycles. The molecule has 0 aliphatic carbocycles. The average molecular weight is 377 g/mol. The van der Waals surface area contributed by atoms with Gasteiger partial charge in [0.25, 0.3) is 0 Å². The summed E-state index contributed by atoms with van der Waals surface area (Å²) >= 11 is 0. The van der Waals surface area contributed by atoms with Gasteiger partial charge in [-0.15, -0.1) is 0 Å². The third-order valence-electron chi connectivity index (χ3n) is 4.72. The zero-order valence-electron chi connectivity index (χ0n) is 15.4. The largest absolute Gasteiger partial charge is 0.439 e. The molecule has 1 N–H and O–H groups in total. The summed E-state index contributed by atoms with van der Waals surface area (Å²) in [4.78, 5) is 18.8. The number of para-hydroxylation sites is 1. The number of pyridine rings is 1. The maximum absolute atomic E-state index is 13.4. The summed E-state index contributed by atoms with van der Waals surface area (Å²) in [6.07, 6.45) is 2.43. The van der Waals surface area contributed by atoms with Crippen LogP contribution in [-0.4, -0.2) is 17.1 Å². The SMILES string of the molecule is CC1Cc2ccccc2N1C(=O)NCc1cccnc1Oc1cccc(F)c1. The van der Waals surface area contributed by atoms with Gasteiger partial charge in [-0.1, -0.05) is 30.3 Å². The molecule has 142 valence electrons. The molecule has 1 aromatic heterocycles. The van der Waals surface area contributed by atoms with E-state index in [1.807, 2.05) is 37.3 Å². The summed E-state index contributed by atoms with van der Waals surface area (Å²) in [6, 6.07) is 17.3. The number of urea groups is 1. The monoisotopic (exact) mass is 377 g/mol.